The van der Waals surface area contributed by atoms with E-state index < -0.39 is 5.97 Å². The first-order valence-corrected chi connectivity index (χ1v) is 5.69. The molecule has 1 aromatic rings. The number of carboxylic acid groups (broad SMARTS) is 1. The highest BCUT2D eigenvalue weighted by Crippen LogP contribution is 2.37. The summed E-state index contributed by atoms with van der Waals surface area (Å²) in [6, 6.07) is 3.71. The zero-order chi connectivity index (χ0) is 10.1. The van der Waals surface area contributed by atoms with E-state index in [1.165, 1.54) is 5.56 Å². The molecule has 0 saturated carbocycles. The topological polar surface area (TPSA) is 37.3 Å². The minimum Gasteiger partial charge on any atom is -0.481 e. The molecular formula is C10H9ClO2S. The number of thioether (sulfide) groups is 1. The molecule has 1 aromatic carbocycles. The third kappa shape index (κ3) is 1.88. The summed E-state index contributed by atoms with van der Waals surface area (Å²) >= 11 is 7.79. The number of fused-ring (bicyclic) bond motifs is 1. The highest BCUT2D eigenvalue weighted by molar-refractivity contribution is 7.99. The summed E-state index contributed by atoms with van der Waals surface area (Å²) in [5.41, 5.74) is 1.99. The maximum Gasteiger partial charge on any atom is 0.307 e. The van der Waals surface area contributed by atoms with Crippen LogP contribution >= 0.6 is 23.4 Å². The van der Waals surface area contributed by atoms with E-state index in [2.05, 4.69) is 0 Å². The number of carbonyl (C=O) groups is 1. The Bertz CT molecular complexity index is 390. The third-order valence-electron chi connectivity index (χ3n) is 2.15. The number of carboxylic acids is 1. The Morgan fingerprint density at radius 1 is 1.57 bits per heavy atom. The number of aryl methyl sites for hydroxylation is 1. The van der Waals surface area contributed by atoms with E-state index in [4.69, 9.17) is 16.7 Å². The van der Waals surface area contributed by atoms with E-state index in [0.717, 1.165) is 22.6 Å². The first-order valence-electron chi connectivity index (χ1n) is 4.32. The lowest BCUT2D eigenvalue weighted by molar-refractivity contribution is -0.136. The fraction of sp³-hybridized carbons (Fsp3) is 0.300. The van der Waals surface area contributed by atoms with E-state index in [1.807, 2.05) is 6.07 Å². The number of rotatable bonds is 2. The van der Waals surface area contributed by atoms with Gasteiger partial charge in [-0.1, -0.05) is 17.7 Å². The molecule has 0 atom stereocenters. The van der Waals surface area contributed by atoms with E-state index >= 15 is 0 Å². The molecular weight excluding hydrogens is 220 g/mol. The first kappa shape index (κ1) is 9.87. The van der Waals surface area contributed by atoms with Crippen LogP contribution in [-0.2, 0) is 17.6 Å². The molecule has 74 valence electrons. The number of hydrogen-bond donors (Lipinski definition) is 1. The van der Waals surface area contributed by atoms with Gasteiger partial charge in [-0.05, 0) is 23.6 Å². The molecule has 1 heterocycles. The van der Waals surface area contributed by atoms with Crippen molar-refractivity contribution in [1.82, 2.24) is 0 Å². The lowest BCUT2D eigenvalue weighted by Gasteiger charge is -2.04. The van der Waals surface area contributed by atoms with Gasteiger partial charge in [0.05, 0.1) is 11.4 Å². The summed E-state index contributed by atoms with van der Waals surface area (Å²) in [6.45, 7) is 0. The monoisotopic (exact) mass is 228 g/mol. The smallest absolute Gasteiger partial charge is 0.307 e. The van der Waals surface area contributed by atoms with Gasteiger partial charge in [-0.2, -0.15) is 0 Å². The molecule has 0 unspecified atom stereocenters. The highest BCUT2D eigenvalue weighted by Gasteiger charge is 2.16. The van der Waals surface area contributed by atoms with Gasteiger partial charge in [0.15, 0.2) is 0 Å². The molecule has 4 heteroatoms. The summed E-state index contributed by atoms with van der Waals surface area (Å²) in [4.78, 5) is 11.7. The molecule has 0 saturated heterocycles. The van der Waals surface area contributed by atoms with Crippen molar-refractivity contribution >= 4 is 29.3 Å². The van der Waals surface area contributed by atoms with Gasteiger partial charge in [0.1, 0.15) is 0 Å². The predicted octanol–water partition coefficient (Wildman–Crippen LogP) is 2.62. The summed E-state index contributed by atoms with van der Waals surface area (Å²) in [5.74, 6) is 0.234. The minimum absolute atomic E-state index is 0.0532. The number of benzene rings is 1. The van der Waals surface area contributed by atoms with Crippen LogP contribution in [0.25, 0.3) is 0 Å². The molecule has 2 rings (SSSR count). The van der Waals surface area contributed by atoms with Crippen molar-refractivity contribution < 1.29 is 9.90 Å². The lowest BCUT2D eigenvalue weighted by atomic mass is 10.1. The van der Waals surface area contributed by atoms with Crippen LogP contribution < -0.4 is 0 Å². The molecule has 1 aliphatic heterocycles. The average molecular weight is 229 g/mol. The molecule has 1 aliphatic rings. The van der Waals surface area contributed by atoms with Gasteiger partial charge < -0.3 is 5.11 Å². The standard InChI is InChI=1S/C10H9ClO2S/c11-8-4-6(5-9(12)13)3-7-1-2-14-10(7)8/h3-4H,1-2,5H2,(H,12,13). The van der Waals surface area contributed by atoms with Gasteiger partial charge in [0, 0.05) is 10.6 Å². The molecule has 0 spiro atoms. The molecule has 14 heavy (non-hydrogen) atoms. The maximum absolute atomic E-state index is 10.5. The quantitative estimate of drug-likeness (QED) is 0.846. The van der Waals surface area contributed by atoms with E-state index in [1.54, 1.807) is 17.8 Å². The van der Waals surface area contributed by atoms with Crippen LogP contribution in [0.3, 0.4) is 0 Å². The highest BCUT2D eigenvalue weighted by atomic mass is 35.5. The molecule has 0 bridgehead atoms. The van der Waals surface area contributed by atoms with Crippen molar-refractivity contribution in [3.63, 3.8) is 0 Å². The van der Waals surface area contributed by atoms with Crippen LogP contribution in [0.5, 0.6) is 0 Å². The molecule has 0 aromatic heterocycles. The predicted molar refractivity (Wildman–Crippen MR) is 57.2 cm³/mol. The zero-order valence-corrected chi connectivity index (χ0v) is 8.99. The fourth-order valence-electron chi connectivity index (χ4n) is 1.60. The van der Waals surface area contributed by atoms with Crippen molar-refractivity contribution in [2.45, 2.75) is 17.7 Å². The molecule has 2 nitrogen and oxygen atoms in total. The van der Waals surface area contributed by atoms with Crippen molar-refractivity contribution in [3.05, 3.63) is 28.3 Å². The van der Waals surface area contributed by atoms with Crippen LogP contribution in [0.4, 0.5) is 0 Å². The second-order valence-corrected chi connectivity index (χ2v) is 4.75. The number of halogens is 1. The first-order chi connectivity index (χ1) is 6.66. The van der Waals surface area contributed by atoms with Crippen LogP contribution in [0.15, 0.2) is 17.0 Å². The number of hydrogen-bond acceptors (Lipinski definition) is 2. The second kappa shape index (κ2) is 3.83. The Hall–Kier alpha value is -0.670. The lowest BCUT2D eigenvalue weighted by Crippen LogP contribution is -2.00. The Balaban J connectivity index is 2.36. The van der Waals surface area contributed by atoms with E-state index in [0.29, 0.717) is 5.02 Å². The average Bonchev–Trinajstić information content (AvgIpc) is 2.50. The Labute approximate surface area is 91.3 Å². The van der Waals surface area contributed by atoms with Gasteiger partial charge in [-0.15, -0.1) is 11.8 Å². The van der Waals surface area contributed by atoms with Crippen molar-refractivity contribution in [3.8, 4) is 0 Å². The minimum atomic E-state index is -0.813. The molecule has 0 radical (unpaired) electrons. The van der Waals surface area contributed by atoms with Gasteiger partial charge in [0.25, 0.3) is 0 Å². The van der Waals surface area contributed by atoms with Crippen LogP contribution in [-0.4, -0.2) is 16.8 Å². The normalized spacial score (nSPS) is 14.1. The molecule has 0 fully saturated rings. The molecule has 0 aliphatic carbocycles. The molecule has 0 amide bonds. The Morgan fingerprint density at radius 3 is 3.07 bits per heavy atom. The Morgan fingerprint density at radius 2 is 2.36 bits per heavy atom. The van der Waals surface area contributed by atoms with Crippen LogP contribution in [0.2, 0.25) is 5.02 Å². The second-order valence-electron chi connectivity index (χ2n) is 3.23. The van der Waals surface area contributed by atoms with Gasteiger partial charge in [-0.25, -0.2) is 0 Å². The number of aliphatic carboxylic acids is 1. The van der Waals surface area contributed by atoms with Gasteiger partial charge in [-0.3, -0.25) is 4.79 Å². The van der Waals surface area contributed by atoms with Gasteiger partial charge >= 0.3 is 5.97 Å². The summed E-state index contributed by atoms with van der Waals surface area (Å²) in [6.07, 6.45) is 1.05. The Kier molecular flexibility index (Phi) is 2.70. The summed E-state index contributed by atoms with van der Waals surface area (Å²) < 4.78 is 0. The van der Waals surface area contributed by atoms with Crippen molar-refractivity contribution in [2.24, 2.45) is 0 Å². The fourth-order valence-corrected chi connectivity index (χ4v) is 3.09. The third-order valence-corrected chi connectivity index (χ3v) is 3.74. The SMILES string of the molecule is O=C(O)Cc1cc(Cl)c2c(c1)CCS2. The van der Waals surface area contributed by atoms with Crippen molar-refractivity contribution in [1.29, 1.82) is 0 Å². The molecule has 1 N–H and O–H groups in total. The van der Waals surface area contributed by atoms with Crippen LogP contribution in [0, 0.1) is 0 Å². The van der Waals surface area contributed by atoms with E-state index in [9.17, 15) is 4.79 Å². The largest absolute Gasteiger partial charge is 0.481 e. The van der Waals surface area contributed by atoms with Gasteiger partial charge in [0.2, 0.25) is 0 Å². The summed E-state index contributed by atoms with van der Waals surface area (Å²) in [7, 11) is 0. The zero-order valence-electron chi connectivity index (χ0n) is 7.42. The van der Waals surface area contributed by atoms with Crippen molar-refractivity contribution in [2.75, 3.05) is 5.75 Å². The van der Waals surface area contributed by atoms with E-state index in [-0.39, 0.29) is 6.42 Å². The van der Waals surface area contributed by atoms with Crippen LogP contribution in [0.1, 0.15) is 11.1 Å². The summed E-state index contributed by atoms with van der Waals surface area (Å²) in [5, 5.41) is 9.35. The maximum atomic E-state index is 10.5.